The van der Waals surface area contributed by atoms with Crippen molar-refractivity contribution in [3.05, 3.63) is 63.8 Å². The van der Waals surface area contributed by atoms with Crippen LogP contribution in [0.5, 0.6) is 0 Å². The molecule has 1 atom stereocenters. The summed E-state index contributed by atoms with van der Waals surface area (Å²) in [5.74, 6) is 1.97. The van der Waals surface area contributed by atoms with Crippen molar-refractivity contribution in [3.63, 3.8) is 0 Å². The van der Waals surface area contributed by atoms with Gasteiger partial charge in [0.25, 0.3) is 0 Å². The second-order valence-corrected chi connectivity index (χ2v) is 6.64. The predicted octanol–water partition coefficient (Wildman–Crippen LogP) is 2.27. The van der Waals surface area contributed by atoms with Crippen molar-refractivity contribution in [1.82, 2.24) is 0 Å². The fourth-order valence-corrected chi connectivity index (χ4v) is 2.89. The Hall–Kier alpha value is -3.97. The van der Waals surface area contributed by atoms with Crippen LogP contribution in [0, 0.1) is 23.5 Å². The van der Waals surface area contributed by atoms with Gasteiger partial charge in [0, 0.05) is 30.2 Å². The maximum Gasteiger partial charge on any atom is 0.414 e. The van der Waals surface area contributed by atoms with Gasteiger partial charge in [0.1, 0.15) is 11.8 Å². The summed E-state index contributed by atoms with van der Waals surface area (Å²) in [4.78, 5) is 36.7. The van der Waals surface area contributed by atoms with E-state index in [1.54, 1.807) is 6.92 Å². The lowest BCUT2D eigenvalue weighted by atomic mass is 10.2. The van der Waals surface area contributed by atoms with Crippen LogP contribution in [0.15, 0.2) is 41.2 Å². The lowest BCUT2D eigenvalue weighted by Crippen LogP contribution is -2.27. The molecule has 1 amide bonds. The quantitative estimate of drug-likeness (QED) is 0.539. The first-order chi connectivity index (χ1) is 15.3. The molecule has 0 spiro atoms. The molecule has 1 aliphatic rings. The summed E-state index contributed by atoms with van der Waals surface area (Å²) < 4.78 is 39.1. The molecule has 3 N–H and O–H groups in total. The van der Waals surface area contributed by atoms with Crippen molar-refractivity contribution >= 4 is 29.1 Å². The molecule has 2 aromatic carbocycles. The van der Waals surface area contributed by atoms with Crippen molar-refractivity contribution < 1.29 is 27.8 Å². The Bertz CT molecular complexity index is 1150. The van der Waals surface area contributed by atoms with Crippen molar-refractivity contribution in [2.24, 2.45) is 5.73 Å². The van der Waals surface area contributed by atoms with Crippen LogP contribution in [0.2, 0.25) is 0 Å². The molecule has 10 heteroatoms. The number of cyclic esters (lactones) is 1. The molecule has 32 heavy (non-hydrogen) atoms. The number of nitrogens with two attached hydrogens (primary N) is 1. The number of rotatable bonds is 5. The van der Waals surface area contributed by atoms with Crippen molar-refractivity contribution in [1.29, 1.82) is 0 Å². The van der Waals surface area contributed by atoms with E-state index in [0.29, 0.717) is 0 Å². The van der Waals surface area contributed by atoms with E-state index in [4.69, 9.17) is 15.2 Å². The molecule has 0 radical (unpaired) electrons. The topological polar surface area (TPSA) is 111 Å². The van der Waals surface area contributed by atoms with Crippen LogP contribution < -0.4 is 21.4 Å². The average molecular weight is 443 g/mol. The zero-order valence-electron chi connectivity index (χ0n) is 17.0. The number of halogens is 2. The fraction of sp³-hybridized carbons (Fsp3) is 0.227. The second-order valence-electron chi connectivity index (χ2n) is 6.64. The van der Waals surface area contributed by atoms with Gasteiger partial charge < -0.3 is 20.5 Å². The highest BCUT2D eigenvalue weighted by molar-refractivity contribution is 5.90. The van der Waals surface area contributed by atoms with Crippen LogP contribution in [0.3, 0.4) is 0 Å². The van der Waals surface area contributed by atoms with Crippen LogP contribution in [0.1, 0.15) is 12.5 Å². The molecule has 0 aliphatic carbocycles. The Labute approximate surface area is 181 Å². The van der Waals surface area contributed by atoms with Gasteiger partial charge >= 0.3 is 12.1 Å². The molecule has 1 aliphatic heterocycles. The molecule has 0 bridgehead atoms. The summed E-state index contributed by atoms with van der Waals surface area (Å²) in [5.41, 5.74) is 4.34. The fourth-order valence-electron chi connectivity index (χ4n) is 2.89. The molecule has 8 nitrogen and oxygen atoms in total. The first-order valence-corrected chi connectivity index (χ1v) is 9.59. The third kappa shape index (κ3) is 5.19. The zero-order valence-corrected chi connectivity index (χ0v) is 17.0. The molecular weight excluding hydrogens is 424 g/mol. The van der Waals surface area contributed by atoms with Crippen molar-refractivity contribution in [2.75, 3.05) is 29.9 Å². The Balaban J connectivity index is 1.91. The predicted molar refractivity (Wildman–Crippen MR) is 113 cm³/mol. The number of ether oxygens (including phenoxy) is 2. The second kappa shape index (κ2) is 9.89. The molecule has 0 saturated carbocycles. The number of carbonyl (C=O) groups excluding carboxylic acids is 2. The molecule has 3 rings (SSSR count). The van der Waals surface area contributed by atoms with E-state index < -0.39 is 40.9 Å². The van der Waals surface area contributed by atoms with Crippen LogP contribution >= 0.6 is 0 Å². The number of nitrogens with zero attached hydrogens (tertiary/aromatic N) is 1. The highest BCUT2D eigenvalue weighted by Gasteiger charge is 2.32. The summed E-state index contributed by atoms with van der Waals surface area (Å²) in [6.07, 6.45) is -1.34. The Kier molecular flexibility index (Phi) is 7.02. The highest BCUT2D eigenvalue weighted by Crippen LogP contribution is 2.30. The van der Waals surface area contributed by atoms with E-state index in [-0.39, 0.29) is 36.6 Å². The first kappa shape index (κ1) is 22.7. The number of anilines is 3. The van der Waals surface area contributed by atoms with Crippen LogP contribution in [-0.2, 0) is 14.3 Å². The highest BCUT2D eigenvalue weighted by atomic mass is 19.1. The monoisotopic (exact) mass is 443 g/mol. The van der Waals surface area contributed by atoms with Gasteiger partial charge in [-0.2, -0.15) is 0 Å². The molecule has 0 unspecified atom stereocenters. The lowest BCUT2D eigenvalue weighted by Gasteiger charge is -2.15. The van der Waals surface area contributed by atoms with E-state index >= 15 is 0 Å². The maximum atomic E-state index is 14.7. The SMILES string of the molecule is CCOC(=O)C#Cc1cccc(=O)c(Nc2c(F)cc(N3C[C@H](CN)OC3=O)cc2F)c1. The molecule has 0 aromatic heterocycles. The number of hydrogen-bond acceptors (Lipinski definition) is 7. The molecular formula is C22H19F2N3O5. The van der Waals surface area contributed by atoms with E-state index in [1.165, 1.54) is 24.3 Å². The van der Waals surface area contributed by atoms with E-state index in [9.17, 15) is 23.2 Å². The minimum Gasteiger partial charge on any atom is -0.456 e. The van der Waals surface area contributed by atoms with E-state index in [2.05, 4.69) is 17.2 Å². The van der Waals surface area contributed by atoms with Gasteiger partial charge in [0.15, 0.2) is 11.6 Å². The van der Waals surface area contributed by atoms with Gasteiger partial charge in [-0.3, -0.25) is 9.69 Å². The number of esters is 1. The summed E-state index contributed by atoms with van der Waals surface area (Å²) in [6, 6.07) is 7.17. The minimum atomic E-state index is -1.03. The smallest absolute Gasteiger partial charge is 0.414 e. The minimum absolute atomic E-state index is 0.0477. The van der Waals surface area contributed by atoms with Gasteiger partial charge in [-0.25, -0.2) is 18.4 Å². The third-order valence-corrected chi connectivity index (χ3v) is 4.41. The average Bonchev–Trinajstić information content (AvgIpc) is 3.04. The molecule has 1 saturated heterocycles. The Morgan fingerprint density at radius 1 is 1.28 bits per heavy atom. The molecule has 1 heterocycles. The number of carbonyl (C=O) groups is 2. The lowest BCUT2D eigenvalue weighted by molar-refractivity contribution is -0.136. The number of benzene rings is 1. The summed E-state index contributed by atoms with van der Waals surface area (Å²) in [7, 11) is 0. The number of nitrogens with one attached hydrogen (secondary N) is 1. The van der Waals surface area contributed by atoms with E-state index in [0.717, 1.165) is 17.0 Å². The van der Waals surface area contributed by atoms with Gasteiger partial charge in [-0.1, -0.05) is 12.0 Å². The molecule has 166 valence electrons. The van der Waals surface area contributed by atoms with Crippen LogP contribution in [0.4, 0.5) is 30.6 Å². The molecule has 2 aromatic rings. The normalized spacial score (nSPS) is 14.9. The zero-order chi connectivity index (χ0) is 23.3. The van der Waals surface area contributed by atoms with Crippen LogP contribution in [-0.4, -0.2) is 37.9 Å². The van der Waals surface area contributed by atoms with Gasteiger partial charge in [0.2, 0.25) is 5.43 Å². The van der Waals surface area contributed by atoms with E-state index in [1.807, 2.05) is 0 Å². The van der Waals surface area contributed by atoms with Crippen molar-refractivity contribution in [3.8, 4) is 11.8 Å². The Morgan fingerprint density at radius 2 is 2.00 bits per heavy atom. The van der Waals surface area contributed by atoms with Gasteiger partial charge in [0.05, 0.1) is 24.5 Å². The first-order valence-electron chi connectivity index (χ1n) is 9.59. The van der Waals surface area contributed by atoms with Gasteiger partial charge in [-0.05, 0) is 25.1 Å². The number of hydrogen-bond donors (Lipinski definition) is 2. The Morgan fingerprint density at radius 3 is 2.62 bits per heavy atom. The molecule has 1 fully saturated rings. The van der Waals surface area contributed by atoms with Crippen LogP contribution in [0.25, 0.3) is 0 Å². The van der Waals surface area contributed by atoms with Gasteiger partial charge in [-0.15, -0.1) is 0 Å². The summed E-state index contributed by atoms with van der Waals surface area (Å²) >= 11 is 0. The largest absolute Gasteiger partial charge is 0.456 e. The third-order valence-electron chi connectivity index (χ3n) is 4.41. The standard InChI is InChI=1S/C22H19F2N3O5/c1-2-31-20(29)7-6-13-4-3-5-19(28)18(8-13)26-21-16(23)9-14(10-17(21)24)27-12-15(11-25)32-22(27)30/h3-5,8-10,15H,2,11-12,25H2,1H3,(H,26,28)/t15-/m0/s1. The summed E-state index contributed by atoms with van der Waals surface area (Å²) in [5, 5.41) is 2.43. The number of amides is 1. The van der Waals surface area contributed by atoms with Crippen molar-refractivity contribution in [2.45, 2.75) is 13.0 Å². The summed E-state index contributed by atoms with van der Waals surface area (Å²) in [6.45, 7) is 1.92. The maximum absolute atomic E-state index is 14.7.